The maximum atomic E-state index is 12.9. The van der Waals surface area contributed by atoms with Crippen LogP contribution in [0.2, 0.25) is 0 Å². The molecule has 0 atom stereocenters. The average molecular weight is 419 g/mol. The van der Waals surface area contributed by atoms with Crippen LogP contribution in [0.1, 0.15) is 26.3 Å². The maximum absolute atomic E-state index is 12.9. The minimum atomic E-state index is -0.199. The van der Waals surface area contributed by atoms with Gasteiger partial charge in [-0.15, -0.1) is 10.2 Å². The molecule has 0 saturated heterocycles. The molecule has 0 amide bonds. The lowest BCUT2D eigenvalue weighted by atomic mass is 9.83. The molecule has 0 N–H and O–H groups in total. The number of ketones is 1. The first-order valence-corrected chi connectivity index (χ1v) is 11.1. The van der Waals surface area contributed by atoms with Crippen molar-refractivity contribution in [2.24, 2.45) is 0 Å². The van der Waals surface area contributed by atoms with E-state index >= 15 is 0 Å². The average Bonchev–Trinajstić information content (AvgIpc) is 3.26. The first-order chi connectivity index (χ1) is 14.4. The molecule has 4 rings (SSSR count). The number of carbonyl (C=O) groups excluding carboxylic acids is 1. The quantitative estimate of drug-likeness (QED) is 0.419. The number of carbonyl (C=O) groups is 1. The van der Waals surface area contributed by atoms with Gasteiger partial charge in [0.05, 0.1) is 5.75 Å². The van der Waals surface area contributed by atoms with Crippen LogP contribution in [0.15, 0.2) is 71.5 Å². The second-order valence-electron chi connectivity index (χ2n) is 7.90. The minimum absolute atomic E-state index is 0.0784. The Morgan fingerprint density at radius 2 is 1.77 bits per heavy atom. The topological polar surface area (TPSA) is 51.0 Å². The summed E-state index contributed by atoms with van der Waals surface area (Å²) in [4.78, 5) is 15.0. The van der Waals surface area contributed by atoms with Crippen molar-refractivity contribution in [1.82, 2.24) is 14.8 Å². The van der Waals surface area contributed by atoms with E-state index in [2.05, 4.69) is 58.6 Å². The van der Waals surface area contributed by atoms with E-state index in [0.717, 1.165) is 34.5 Å². The number of hydrogen-bond donors (Lipinski definition) is 0. The Balaban J connectivity index is 1.52. The summed E-state index contributed by atoms with van der Waals surface area (Å²) in [6.07, 6.45) is 1.79. The molecule has 6 heteroatoms. The van der Waals surface area contributed by atoms with Gasteiger partial charge in [0.2, 0.25) is 0 Å². The fourth-order valence-electron chi connectivity index (χ4n) is 4.07. The van der Waals surface area contributed by atoms with Crippen LogP contribution >= 0.6 is 11.8 Å². The molecule has 1 aromatic heterocycles. The smallest absolute Gasteiger partial charge is 0.191 e. The molecule has 0 bridgehead atoms. The number of allylic oxidation sites excluding steroid dienone is 2. The summed E-state index contributed by atoms with van der Waals surface area (Å²) in [5.41, 5.74) is 4.26. The molecular weight excluding hydrogens is 392 g/mol. The van der Waals surface area contributed by atoms with Gasteiger partial charge >= 0.3 is 0 Å². The van der Waals surface area contributed by atoms with Gasteiger partial charge in [-0.05, 0) is 18.6 Å². The van der Waals surface area contributed by atoms with Crippen molar-refractivity contribution in [3.63, 3.8) is 0 Å². The van der Waals surface area contributed by atoms with E-state index in [0.29, 0.717) is 5.75 Å². The van der Waals surface area contributed by atoms with Crippen LogP contribution in [-0.2, 0) is 16.8 Å². The van der Waals surface area contributed by atoms with Gasteiger partial charge in [-0.2, -0.15) is 0 Å². The first kappa shape index (κ1) is 20.4. The fourth-order valence-corrected chi connectivity index (χ4v) is 4.89. The lowest BCUT2D eigenvalue weighted by Gasteiger charge is -2.23. The molecule has 1 aliphatic rings. The van der Waals surface area contributed by atoms with E-state index in [1.807, 2.05) is 43.4 Å². The van der Waals surface area contributed by atoms with Crippen molar-refractivity contribution < 1.29 is 4.79 Å². The number of likely N-dealkylation sites (N-methyl/N-ethyl adjacent to an activating group) is 1. The summed E-state index contributed by atoms with van der Waals surface area (Å²) in [7, 11) is 2.03. The van der Waals surface area contributed by atoms with E-state index in [4.69, 9.17) is 0 Å². The van der Waals surface area contributed by atoms with E-state index in [1.54, 1.807) is 6.08 Å². The number of benzene rings is 2. The normalized spacial score (nSPS) is 16.1. The molecule has 3 aromatic rings. The van der Waals surface area contributed by atoms with Crippen LogP contribution < -0.4 is 4.90 Å². The molecule has 0 unspecified atom stereocenters. The second-order valence-corrected chi connectivity index (χ2v) is 8.84. The summed E-state index contributed by atoms with van der Waals surface area (Å²) >= 11 is 1.44. The third kappa shape index (κ3) is 3.56. The highest BCUT2D eigenvalue weighted by Gasteiger charge is 2.38. The van der Waals surface area contributed by atoms with Crippen molar-refractivity contribution in [2.75, 3.05) is 17.7 Å². The van der Waals surface area contributed by atoms with Crippen LogP contribution in [0.25, 0.3) is 11.4 Å². The van der Waals surface area contributed by atoms with E-state index < -0.39 is 0 Å². The molecule has 0 saturated carbocycles. The van der Waals surface area contributed by atoms with Gasteiger partial charge < -0.3 is 9.47 Å². The summed E-state index contributed by atoms with van der Waals surface area (Å²) < 4.78 is 2.06. The van der Waals surface area contributed by atoms with Gasteiger partial charge in [-0.1, -0.05) is 74.1 Å². The number of hydrogen-bond acceptors (Lipinski definition) is 5. The molecule has 0 radical (unpaired) electrons. The molecular formula is C24H26N4OS. The molecule has 2 heterocycles. The maximum Gasteiger partial charge on any atom is 0.191 e. The highest BCUT2D eigenvalue weighted by Crippen LogP contribution is 2.46. The van der Waals surface area contributed by atoms with Crippen LogP contribution in [-0.4, -0.2) is 33.3 Å². The van der Waals surface area contributed by atoms with E-state index in [-0.39, 0.29) is 11.2 Å². The van der Waals surface area contributed by atoms with E-state index in [1.165, 1.54) is 17.3 Å². The number of para-hydroxylation sites is 1. The number of anilines is 1. The highest BCUT2D eigenvalue weighted by atomic mass is 32.2. The van der Waals surface area contributed by atoms with Crippen molar-refractivity contribution >= 4 is 23.2 Å². The van der Waals surface area contributed by atoms with Crippen LogP contribution in [0.4, 0.5) is 5.69 Å². The summed E-state index contributed by atoms with van der Waals surface area (Å²) in [5, 5.41) is 9.46. The number of aromatic nitrogens is 3. The van der Waals surface area contributed by atoms with Crippen molar-refractivity contribution in [3.05, 3.63) is 71.9 Å². The van der Waals surface area contributed by atoms with Crippen LogP contribution in [0.5, 0.6) is 0 Å². The summed E-state index contributed by atoms with van der Waals surface area (Å²) in [6, 6.07) is 18.3. The number of fused-ring (bicyclic) bond motifs is 1. The zero-order valence-electron chi connectivity index (χ0n) is 17.8. The summed E-state index contributed by atoms with van der Waals surface area (Å²) in [5.74, 6) is 1.24. The SMILES string of the molecule is CCn1c(SCC(=O)C=C2N(C)c3ccccc3C2(C)C)nnc1-c1ccccc1. The van der Waals surface area contributed by atoms with Gasteiger partial charge in [0, 0.05) is 42.0 Å². The fraction of sp³-hybridized carbons (Fsp3) is 0.292. The molecule has 5 nitrogen and oxygen atoms in total. The van der Waals surface area contributed by atoms with Crippen molar-refractivity contribution in [2.45, 2.75) is 37.9 Å². The molecule has 0 fully saturated rings. The van der Waals surface area contributed by atoms with Gasteiger partial charge in [-0.3, -0.25) is 4.79 Å². The van der Waals surface area contributed by atoms with Crippen molar-refractivity contribution in [3.8, 4) is 11.4 Å². The van der Waals surface area contributed by atoms with Crippen molar-refractivity contribution in [1.29, 1.82) is 0 Å². The van der Waals surface area contributed by atoms with Gasteiger partial charge in [0.15, 0.2) is 16.8 Å². The Kier molecular flexibility index (Phi) is 5.52. The lowest BCUT2D eigenvalue weighted by molar-refractivity contribution is -0.112. The van der Waals surface area contributed by atoms with Gasteiger partial charge in [0.1, 0.15) is 0 Å². The molecule has 2 aromatic carbocycles. The Hall–Kier alpha value is -2.86. The second kappa shape index (κ2) is 8.11. The van der Waals surface area contributed by atoms with Gasteiger partial charge in [0.25, 0.3) is 0 Å². The predicted molar refractivity (Wildman–Crippen MR) is 123 cm³/mol. The Morgan fingerprint density at radius 1 is 1.07 bits per heavy atom. The highest BCUT2D eigenvalue weighted by molar-refractivity contribution is 7.99. The molecule has 154 valence electrons. The number of rotatable bonds is 6. The zero-order valence-corrected chi connectivity index (χ0v) is 18.6. The predicted octanol–water partition coefficient (Wildman–Crippen LogP) is 4.94. The minimum Gasteiger partial charge on any atom is -0.347 e. The summed E-state index contributed by atoms with van der Waals surface area (Å²) in [6.45, 7) is 7.15. The number of nitrogens with zero attached hydrogens (tertiary/aromatic N) is 4. The lowest BCUT2D eigenvalue weighted by Crippen LogP contribution is -2.24. The standard InChI is InChI=1S/C24H26N4OS/c1-5-28-22(17-11-7-6-8-12-17)25-26-23(28)30-16-18(29)15-21-24(2,3)19-13-9-10-14-20(19)27(21)4/h6-15H,5,16H2,1-4H3. The molecule has 1 aliphatic heterocycles. The monoisotopic (exact) mass is 418 g/mol. The molecule has 30 heavy (non-hydrogen) atoms. The Bertz CT molecular complexity index is 1100. The third-order valence-corrected chi connectivity index (χ3v) is 6.64. The zero-order chi connectivity index (χ0) is 21.3. The largest absolute Gasteiger partial charge is 0.347 e. The van der Waals surface area contributed by atoms with Gasteiger partial charge in [-0.25, -0.2) is 0 Å². The van der Waals surface area contributed by atoms with E-state index in [9.17, 15) is 4.79 Å². The van der Waals surface area contributed by atoms with Crippen LogP contribution in [0, 0.1) is 0 Å². The Labute approximate surface area is 181 Å². The Morgan fingerprint density at radius 3 is 2.47 bits per heavy atom. The number of thioether (sulfide) groups is 1. The molecule has 0 spiro atoms. The van der Waals surface area contributed by atoms with Crippen LogP contribution in [0.3, 0.4) is 0 Å². The third-order valence-electron chi connectivity index (χ3n) is 5.65. The first-order valence-electron chi connectivity index (χ1n) is 10.1. The molecule has 0 aliphatic carbocycles.